The second-order valence-electron chi connectivity index (χ2n) is 8.04. The number of hydrogen-bond acceptors (Lipinski definition) is 3. The summed E-state index contributed by atoms with van der Waals surface area (Å²) in [5.74, 6) is 2.28. The van der Waals surface area contributed by atoms with E-state index in [-0.39, 0.29) is 11.8 Å². The Hall–Kier alpha value is -2.30. The molecule has 4 heteroatoms. The lowest BCUT2D eigenvalue weighted by Crippen LogP contribution is -2.43. The standard InChI is InChI=1S/C26H30N2OS/c29-26(27-15-17-30-20-21-8-2-1-3-9-21)24-13-7-16-28(19-24)18-23-12-6-11-22-10-4-5-14-25(22)23/h1-6,8-12,14,24H,7,13,15-20H2,(H,27,29). The van der Waals surface area contributed by atoms with Gasteiger partial charge in [0, 0.05) is 31.1 Å². The number of nitrogens with zero attached hydrogens (tertiary/aromatic N) is 1. The van der Waals surface area contributed by atoms with Gasteiger partial charge in [0.25, 0.3) is 0 Å². The molecule has 1 aliphatic heterocycles. The molecule has 0 spiro atoms. The molecule has 3 aromatic rings. The number of amides is 1. The number of nitrogens with one attached hydrogen (secondary N) is 1. The summed E-state index contributed by atoms with van der Waals surface area (Å²) in [4.78, 5) is 15.1. The van der Waals surface area contributed by atoms with E-state index in [1.165, 1.54) is 21.9 Å². The fourth-order valence-electron chi connectivity index (χ4n) is 4.24. The number of rotatable bonds is 8. The van der Waals surface area contributed by atoms with Crippen LogP contribution in [-0.4, -0.2) is 36.2 Å². The molecule has 1 heterocycles. The predicted octanol–water partition coefficient (Wildman–Crippen LogP) is 5.10. The molecule has 0 saturated carbocycles. The lowest BCUT2D eigenvalue weighted by atomic mass is 9.96. The maximum Gasteiger partial charge on any atom is 0.224 e. The van der Waals surface area contributed by atoms with E-state index in [9.17, 15) is 4.79 Å². The Labute approximate surface area is 183 Å². The van der Waals surface area contributed by atoms with Crippen LogP contribution in [0.15, 0.2) is 72.8 Å². The van der Waals surface area contributed by atoms with E-state index in [0.717, 1.165) is 50.5 Å². The van der Waals surface area contributed by atoms with E-state index in [0.29, 0.717) is 0 Å². The number of fused-ring (bicyclic) bond motifs is 1. The van der Waals surface area contributed by atoms with Crippen molar-refractivity contribution in [2.24, 2.45) is 5.92 Å². The molecule has 1 fully saturated rings. The Balaban J connectivity index is 1.23. The van der Waals surface area contributed by atoms with Gasteiger partial charge in [-0.25, -0.2) is 0 Å². The summed E-state index contributed by atoms with van der Waals surface area (Å²) >= 11 is 1.87. The Morgan fingerprint density at radius 2 is 1.80 bits per heavy atom. The van der Waals surface area contributed by atoms with Gasteiger partial charge in [0.1, 0.15) is 0 Å². The van der Waals surface area contributed by atoms with Gasteiger partial charge in [-0.2, -0.15) is 11.8 Å². The number of piperidine rings is 1. The number of benzene rings is 3. The monoisotopic (exact) mass is 418 g/mol. The molecule has 1 aliphatic rings. The molecular weight excluding hydrogens is 388 g/mol. The zero-order valence-electron chi connectivity index (χ0n) is 17.4. The highest BCUT2D eigenvalue weighted by molar-refractivity contribution is 7.98. The van der Waals surface area contributed by atoms with Crippen molar-refractivity contribution in [1.29, 1.82) is 0 Å². The van der Waals surface area contributed by atoms with Gasteiger partial charge in [-0.15, -0.1) is 0 Å². The highest BCUT2D eigenvalue weighted by Gasteiger charge is 2.25. The fraction of sp³-hybridized carbons (Fsp3) is 0.346. The number of carbonyl (C=O) groups is 1. The van der Waals surface area contributed by atoms with E-state index in [4.69, 9.17) is 0 Å². The average Bonchev–Trinajstić information content (AvgIpc) is 2.80. The SMILES string of the molecule is O=C(NCCSCc1ccccc1)C1CCCN(Cc2cccc3ccccc23)C1. The molecule has 30 heavy (non-hydrogen) atoms. The zero-order valence-corrected chi connectivity index (χ0v) is 18.2. The van der Waals surface area contributed by atoms with Crippen molar-refractivity contribution < 1.29 is 4.79 Å². The minimum absolute atomic E-state index is 0.104. The van der Waals surface area contributed by atoms with Crippen molar-refractivity contribution in [2.75, 3.05) is 25.4 Å². The molecule has 3 aromatic carbocycles. The molecule has 1 N–H and O–H groups in total. The predicted molar refractivity (Wildman–Crippen MR) is 128 cm³/mol. The first kappa shape index (κ1) is 21.0. The minimum Gasteiger partial charge on any atom is -0.355 e. The van der Waals surface area contributed by atoms with Crippen LogP contribution >= 0.6 is 11.8 Å². The molecule has 156 valence electrons. The van der Waals surface area contributed by atoms with Gasteiger partial charge in [0.15, 0.2) is 0 Å². The molecule has 1 atom stereocenters. The van der Waals surface area contributed by atoms with Crippen LogP contribution in [0.5, 0.6) is 0 Å². The topological polar surface area (TPSA) is 32.3 Å². The molecule has 3 nitrogen and oxygen atoms in total. The van der Waals surface area contributed by atoms with E-state index in [1.807, 2.05) is 17.8 Å². The zero-order chi connectivity index (χ0) is 20.6. The van der Waals surface area contributed by atoms with Gasteiger partial charge in [-0.1, -0.05) is 72.8 Å². The van der Waals surface area contributed by atoms with Gasteiger partial charge in [-0.3, -0.25) is 9.69 Å². The Morgan fingerprint density at radius 1 is 1.00 bits per heavy atom. The molecule has 1 saturated heterocycles. The van der Waals surface area contributed by atoms with Crippen molar-refractivity contribution in [3.8, 4) is 0 Å². The molecule has 0 bridgehead atoms. The molecule has 4 rings (SSSR count). The van der Waals surface area contributed by atoms with E-state index in [1.54, 1.807) is 0 Å². The van der Waals surface area contributed by atoms with Gasteiger partial charge in [0.05, 0.1) is 5.92 Å². The normalized spacial score (nSPS) is 17.1. The summed E-state index contributed by atoms with van der Waals surface area (Å²) in [6.45, 7) is 3.58. The van der Waals surface area contributed by atoms with Crippen LogP contribution in [-0.2, 0) is 17.1 Å². The van der Waals surface area contributed by atoms with Crippen LogP contribution in [0.1, 0.15) is 24.0 Å². The molecule has 0 radical (unpaired) electrons. The molecule has 1 amide bonds. The summed E-state index contributed by atoms with van der Waals surface area (Å²) in [6, 6.07) is 25.6. The van der Waals surface area contributed by atoms with Crippen molar-refractivity contribution in [1.82, 2.24) is 10.2 Å². The second-order valence-corrected chi connectivity index (χ2v) is 9.15. The number of thioether (sulfide) groups is 1. The highest BCUT2D eigenvalue weighted by Crippen LogP contribution is 2.23. The minimum atomic E-state index is 0.104. The lowest BCUT2D eigenvalue weighted by molar-refractivity contribution is -0.126. The summed E-state index contributed by atoms with van der Waals surface area (Å²) in [5, 5.41) is 5.77. The van der Waals surface area contributed by atoms with Crippen LogP contribution in [0.2, 0.25) is 0 Å². The van der Waals surface area contributed by atoms with Crippen molar-refractivity contribution >= 4 is 28.4 Å². The van der Waals surface area contributed by atoms with Crippen LogP contribution in [0.4, 0.5) is 0 Å². The van der Waals surface area contributed by atoms with Crippen molar-refractivity contribution in [2.45, 2.75) is 25.1 Å². The van der Waals surface area contributed by atoms with E-state index >= 15 is 0 Å². The van der Waals surface area contributed by atoms with Crippen molar-refractivity contribution in [3.05, 3.63) is 83.9 Å². The first-order valence-corrected chi connectivity index (χ1v) is 12.0. The lowest BCUT2D eigenvalue weighted by Gasteiger charge is -2.32. The summed E-state index contributed by atoms with van der Waals surface area (Å²) in [6.07, 6.45) is 2.08. The maximum atomic E-state index is 12.7. The third-order valence-corrected chi connectivity index (χ3v) is 6.84. The molecule has 0 aromatic heterocycles. The van der Waals surface area contributed by atoms with Crippen molar-refractivity contribution in [3.63, 3.8) is 0 Å². The number of hydrogen-bond donors (Lipinski definition) is 1. The molecular formula is C26H30N2OS. The van der Waals surface area contributed by atoms with Crippen LogP contribution in [0.25, 0.3) is 10.8 Å². The second kappa shape index (κ2) is 10.6. The third kappa shape index (κ3) is 5.65. The van der Waals surface area contributed by atoms with Crippen LogP contribution < -0.4 is 5.32 Å². The first-order chi connectivity index (χ1) is 14.8. The summed E-state index contributed by atoms with van der Waals surface area (Å²) in [7, 11) is 0. The highest BCUT2D eigenvalue weighted by atomic mass is 32.2. The van der Waals surface area contributed by atoms with Gasteiger partial charge in [0.2, 0.25) is 5.91 Å². The third-order valence-electron chi connectivity index (χ3n) is 5.81. The van der Waals surface area contributed by atoms with E-state index in [2.05, 4.69) is 76.9 Å². The smallest absolute Gasteiger partial charge is 0.224 e. The Bertz CT molecular complexity index is 954. The van der Waals surface area contributed by atoms with Gasteiger partial charge >= 0.3 is 0 Å². The fourth-order valence-corrected chi connectivity index (χ4v) is 5.06. The molecule has 1 unspecified atom stereocenters. The van der Waals surface area contributed by atoms with Gasteiger partial charge in [-0.05, 0) is 41.3 Å². The largest absolute Gasteiger partial charge is 0.355 e. The first-order valence-electron chi connectivity index (χ1n) is 10.9. The Kier molecular flexibility index (Phi) is 7.44. The van der Waals surface area contributed by atoms with Crippen LogP contribution in [0.3, 0.4) is 0 Å². The van der Waals surface area contributed by atoms with Crippen LogP contribution in [0, 0.1) is 5.92 Å². The quantitative estimate of drug-likeness (QED) is 0.517. The number of carbonyl (C=O) groups excluding carboxylic acids is 1. The van der Waals surface area contributed by atoms with E-state index < -0.39 is 0 Å². The van der Waals surface area contributed by atoms with Gasteiger partial charge < -0.3 is 5.32 Å². The summed E-state index contributed by atoms with van der Waals surface area (Å²) < 4.78 is 0. The average molecular weight is 419 g/mol. The molecule has 0 aliphatic carbocycles. The Morgan fingerprint density at radius 3 is 2.70 bits per heavy atom. The maximum absolute atomic E-state index is 12.7. The number of likely N-dealkylation sites (tertiary alicyclic amines) is 1. The summed E-state index contributed by atoms with van der Waals surface area (Å²) in [5.41, 5.74) is 2.69.